The maximum Gasteiger partial charge on any atom is 0.0265 e. The zero-order valence-electron chi connectivity index (χ0n) is 6.56. The van der Waals surface area contributed by atoms with Crippen LogP contribution < -0.4 is 16.8 Å². The van der Waals surface area contributed by atoms with Crippen LogP contribution in [0.2, 0.25) is 0 Å². The number of allylic oxidation sites excluding steroid dienone is 1. The van der Waals surface area contributed by atoms with Gasteiger partial charge in [-0.3, -0.25) is 0 Å². The minimum Gasteiger partial charge on any atom is -0.401 e. The summed E-state index contributed by atoms with van der Waals surface area (Å²) in [7, 11) is 0. The molecule has 3 heteroatoms. The second kappa shape index (κ2) is 6.42. The minimum absolute atomic E-state index is 0.649. The smallest absolute Gasteiger partial charge is 0.0265 e. The van der Waals surface area contributed by atoms with E-state index in [9.17, 15) is 0 Å². The van der Waals surface area contributed by atoms with Gasteiger partial charge >= 0.3 is 0 Å². The predicted molar refractivity (Wildman–Crippen MR) is 44.2 cm³/mol. The summed E-state index contributed by atoms with van der Waals surface area (Å²) in [6.45, 7) is 3.55. The monoisotopic (exact) mass is 143 g/mol. The highest BCUT2D eigenvalue weighted by Gasteiger charge is 1.84. The fourth-order valence-electron chi connectivity index (χ4n) is 0.647. The molecule has 0 aliphatic carbocycles. The van der Waals surface area contributed by atoms with Crippen LogP contribution in [0.5, 0.6) is 0 Å². The fraction of sp³-hybridized carbons (Fsp3) is 0.714. The third kappa shape index (κ3) is 5.44. The molecule has 0 aliphatic rings. The van der Waals surface area contributed by atoms with Crippen molar-refractivity contribution in [3.05, 3.63) is 11.9 Å². The molecule has 0 saturated carbocycles. The molecule has 10 heavy (non-hydrogen) atoms. The van der Waals surface area contributed by atoms with Crippen molar-refractivity contribution in [2.45, 2.75) is 19.8 Å². The predicted octanol–water partition coefficient (Wildman–Crippen LogP) is 0.135. The first kappa shape index (κ1) is 9.30. The third-order valence-corrected chi connectivity index (χ3v) is 1.11. The molecular weight excluding hydrogens is 126 g/mol. The molecule has 0 aromatic carbocycles. The van der Waals surface area contributed by atoms with Crippen LogP contribution in [0.15, 0.2) is 11.9 Å². The summed E-state index contributed by atoms with van der Waals surface area (Å²) < 4.78 is 0. The van der Waals surface area contributed by atoms with Crippen molar-refractivity contribution in [3.8, 4) is 0 Å². The number of hydrogen-bond acceptors (Lipinski definition) is 3. The SMILES string of the molecule is CCC/C(N)=C/NCCN. The Morgan fingerprint density at radius 2 is 2.30 bits per heavy atom. The molecule has 0 aromatic heterocycles. The zero-order valence-corrected chi connectivity index (χ0v) is 6.56. The lowest BCUT2D eigenvalue weighted by atomic mass is 10.3. The van der Waals surface area contributed by atoms with Crippen LogP contribution in [0.3, 0.4) is 0 Å². The molecule has 0 spiro atoms. The molecule has 0 saturated heterocycles. The molecule has 3 nitrogen and oxygen atoms in total. The first-order valence-corrected chi connectivity index (χ1v) is 3.69. The molecule has 0 atom stereocenters. The van der Waals surface area contributed by atoms with E-state index < -0.39 is 0 Å². The van der Waals surface area contributed by atoms with Gasteiger partial charge in [-0.25, -0.2) is 0 Å². The van der Waals surface area contributed by atoms with Gasteiger partial charge in [0.05, 0.1) is 0 Å². The first-order chi connectivity index (χ1) is 4.81. The van der Waals surface area contributed by atoms with E-state index >= 15 is 0 Å². The molecule has 0 aliphatic heterocycles. The molecule has 60 valence electrons. The summed E-state index contributed by atoms with van der Waals surface area (Å²) in [4.78, 5) is 0. The maximum atomic E-state index is 5.58. The standard InChI is InChI=1S/C7H17N3/c1-2-3-7(9)6-10-5-4-8/h6,10H,2-5,8-9H2,1H3/b7-6-. The van der Waals surface area contributed by atoms with Crippen molar-refractivity contribution in [2.75, 3.05) is 13.1 Å². The van der Waals surface area contributed by atoms with Crippen LogP contribution >= 0.6 is 0 Å². The fourth-order valence-corrected chi connectivity index (χ4v) is 0.647. The van der Waals surface area contributed by atoms with Crippen LogP contribution in [-0.4, -0.2) is 13.1 Å². The summed E-state index contributed by atoms with van der Waals surface area (Å²) >= 11 is 0. The van der Waals surface area contributed by atoms with Gasteiger partial charge in [0.2, 0.25) is 0 Å². The van der Waals surface area contributed by atoms with E-state index in [2.05, 4.69) is 12.2 Å². The van der Waals surface area contributed by atoms with Crippen LogP contribution in [0.1, 0.15) is 19.8 Å². The van der Waals surface area contributed by atoms with Crippen molar-refractivity contribution in [3.63, 3.8) is 0 Å². The van der Waals surface area contributed by atoms with E-state index in [1.54, 1.807) is 0 Å². The molecule has 5 N–H and O–H groups in total. The Morgan fingerprint density at radius 3 is 2.80 bits per heavy atom. The van der Waals surface area contributed by atoms with Crippen molar-refractivity contribution in [1.29, 1.82) is 0 Å². The minimum atomic E-state index is 0.649. The molecule has 0 heterocycles. The van der Waals surface area contributed by atoms with Crippen LogP contribution in [-0.2, 0) is 0 Å². The van der Waals surface area contributed by atoms with E-state index in [1.165, 1.54) is 0 Å². The normalized spacial score (nSPS) is 11.6. The van der Waals surface area contributed by atoms with Gasteiger partial charge < -0.3 is 16.8 Å². The Labute approximate surface area is 62.5 Å². The van der Waals surface area contributed by atoms with Gasteiger partial charge in [-0.1, -0.05) is 13.3 Å². The Bertz CT molecular complexity index is 99.0. The van der Waals surface area contributed by atoms with Gasteiger partial charge in [-0.2, -0.15) is 0 Å². The van der Waals surface area contributed by atoms with Crippen LogP contribution in [0.4, 0.5) is 0 Å². The lowest BCUT2D eigenvalue weighted by molar-refractivity contribution is 0.810. The molecule has 0 amide bonds. The second-order valence-electron chi connectivity index (χ2n) is 2.21. The van der Waals surface area contributed by atoms with E-state index in [0.717, 1.165) is 25.1 Å². The Morgan fingerprint density at radius 1 is 1.60 bits per heavy atom. The summed E-state index contributed by atoms with van der Waals surface area (Å²) in [5.41, 5.74) is 11.7. The summed E-state index contributed by atoms with van der Waals surface area (Å²) in [6.07, 6.45) is 3.88. The second-order valence-corrected chi connectivity index (χ2v) is 2.21. The van der Waals surface area contributed by atoms with Crippen molar-refractivity contribution in [2.24, 2.45) is 11.5 Å². The topological polar surface area (TPSA) is 64.1 Å². The largest absolute Gasteiger partial charge is 0.401 e. The third-order valence-electron chi connectivity index (χ3n) is 1.11. The summed E-state index contributed by atoms with van der Waals surface area (Å²) in [6, 6.07) is 0. The van der Waals surface area contributed by atoms with Gasteiger partial charge in [0.15, 0.2) is 0 Å². The van der Waals surface area contributed by atoms with E-state index in [1.807, 2.05) is 6.20 Å². The quantitative estimate of drug-likeness (QED) is 0.479. The van der Waals surface area contributed by atoms with Crippen LogP contribution in [0.25, 0.3) is 0 Å². The highest BCUT2D eigenvalue weighted by Crippen LogP contribution is 1.93. The van der Waals surface area contributed by atoms with Gasteiger partial charge in [0.1, 0.15) is 0 Å². The average molecular weight is 143 g/mol. The van der Waals surface area contributed by atoms with E-state index in [-0.39, 0.29) is 0 Å². The lowest BCUT2D eigenvalue weighted by Gasteiger charge is -1.99. The van der Waals surface area contributed by atoms with Gasteiger partial charge in [0, 0.05) is 25.0 Å². The Kier molecular flexibility index (Phi) is 5.97. The average Bonchev–Trinajstić information content (AvgIpc) is 1.89. The number of nitrogens with one attached hydrogen (secondary N) is 1. The molecule has 0 fully saturated rings. The van der Waals surface area contributed by atoms with E-state index in [4.69, 9.17) is 11.5 Å². The Hall–Kier alpha value is -0.700. The zero-order chi connectivity index (χ0) is 7.82. The van der Waals surface area contributed by atoms with Gasteiger partial charge in [-0.15, -0.1) is 0 Å². The number of nitrogens with two attached hydrogens (primary N) is 2. The van der Waals surface area contributed by atoms with Crippen molar-refractivity contribution < 1.29 is 0 Å². The molecule has 0 radical (unpaired) electrons. The molecule has 0 bridgehead atoms. The molecular formula is C7H17N3. The highest BCUT2D eigenvalue weighted by molar-refractivity contribution is 4.93. The first-order valence-electron chi connectivity index (χ1n) is 3.69. The van der Waals surface area contributed by atoms with Crippen molar-refractivity contribution in [1.82, 2.24) is 5.32 Å². The summed E-state index contributed by atoms with van der Waals surface area (Å²) in [5, 5.41) is 3.01. The lowest BCUT2D eigenvalue weighted by Crippen LogP contribution is -2.18. The van der Waals surface area contributed by atoms with Gasteiger partial charge in [0.25, 0.3) is 0 Å². The highest BCUT2D eigenvalue weighted by atomic mass is 14.9. The van der Waals surface area contributed by atoms with Crippen LogP contribution in [0, 0.1) is 0 Å². The van der Waals surface area contributed by atoms with E-state index in [0.29, 0.717) is 6.54 Å². The molecule has 0 unspecified atom stereocenters. The number of rotatable bonds is 5. The number of hydrogen-bond donors (Lipinski definition) is 3. The van der Waals surface area contributed by atoms with Gasteiger partial charge in [-0.05, 0) is 6.42 Å². The summed E-state index contributed by atoms with van der Waals surface area (Å²) in [5.74, 6) is 0. The Balaban J connectivity index is 3.28. The molecule has 0 aromatic rings. The van der Waals surface area contributed by atoms with Crippen molar-refractivity contribution >= 4 is 0 Å². The maximum absolute atomic E-state index is 5.58. The molecule has 0 rings (SSSR count).